The van der Waals surface area contributed by atoms with Gasteiger partial charge in [-0.25, -0.2) is 9.69 Å². The van der Waals surface area contributed by atoms with E-state index < -0.39 is 40.2 Å². The predicted octanol–water partition coefficient (Wildman–Crippen LogP) is 6.02. The molecule has 1 aliphatic rings. The summed E-state index contributed by atoms with van der Waals surface area (Å²) in [7, 11) is 1.43. The molecule has 3 aromatic rings. The molecule has 0 spiro atoms. The van der Waals surface area contributed by atoms with Gasteiger partial charge >= 0.3 is 12.1 Å². The summed E-state index contributed by atoms with van der Waals surface area (Å²) in [4.78, 5) is 38.6. The minimum atomic E-state index is -4.72. The normalized spacial score (nSPS) is 13.7. The number of carbonyl (C=O) groups excluding carboxylic acids is 3. The van der Waals surface area contributed by atoms with E-state index in [1.807, 2.05) is 0 Å². The van der Waals surface area contributed by atoms with Crippen molar-refractivity contribution in [3.8, 4) is 11.5 Å². The SMILES string of the molecule is COc1ccccc1OC(=O)c1ccc(NC2=C(Cl)C(=O)N(c3cc(C(F)(F)F)ccc3Cl)C2=O)cc1. The van der Waals surface area contributed by atoms with Crippen molar-refractivity contribution in [2.24, 2.45) is 0 Å². The molecule has 0 bridgehead atoms. The van der Waals surface area contributed by atoms with Gasteiger partial charge in [-0.05, 0) is 54.6 Å². The third-order valence-electron chi connectivity index (χ3n) is 5.20. The van der Waals surface area contributed by atoms with E-state index in [1.165, 1.54) is 31.4 Å². The topological polar surface area (TPSA) is 84.9 Å². The molecule has 2 amide bonds. The molecule has 7 nitrogen and oxygen atoms in total. The maximum Gasteiger partial charge on any atom is 0.416 e. The van der Waals surface area contributed by atoms with E-state index >= 15 is 0 Å². The van der Waals surface area contributed by atoms with Crippen molar-refractivity contribution in [3.63, 3.8) is 0 Å². The van der Waals surface area contributed by atoms with Crippen molar-refractivity contribution in [1.82, 2.24) is 0 Å². The smallest absolute Gasteiger partial charge is 0.416 e. The zero-order valence-electron chi connectivity index (χ0n) is 18.7. The Morgan fingerprint density at radius 3 is 2.19 bits per heavy atom. The summed E-state index contributed by atoms with van der Waals surface area (Å²) in [6.07, 6.45) is -4.72. The number of nitrogens with one attached hydrogen (secondary N) is 1. The van der Waals surface area contributed by atoms with Crippen LogP contribution in [0.4, 0.5) is 24.5 Å². The number of nitrogens with zero attached hydrogens (tertiary/aromatic N) is 1. The van der Waals surface area contributed by atoms with Crippen LogP contribution in [0.2, 0.25) is 5.02 Å². The average molecular weight is 551 g/mol. The molecule has 4 rings (SSSR count). The number of methoxy groups -OCH3 is 1. The second-order valence-corrected chi connectivity index (χ2v) is 8.33. The second kappa shape index (κ2) is 10.2. The number of rotatable bonds is 6. The second-order valence-electron chi connectivity index (χ2n) is 7.54. The van der Waals surface area contributed by atoms with Crippen LogP contribution in [0.1, 0.15) is 15.9 Å². The number of alkyl halides is 3. The van der Waals surface area contributed by atoms with Crippen LogP contribution in [0.25, 0.3) is 0 Å². The molecule has 0 atom stereocenters. The van der Waals surface area contributed by atoms with Crippen molar-refractivity contribution in [2.75, 3.05) is 17.3 Å². The van der Waals surface area contributed by atoms with Crippen LogP contribution in [-0.4, -0.2) is 24.9 Å². The van der Waals surface area contributed by atoms with Gasteiger partial charge in [0, 0.05) is 5.69 Å². The summed E-state index contributed by atoms with van der Waals surface area (Å²) >= 11 is 12.0. The maximum atomic E-state index is 13.2. The van der Waals surface area contributed by atoms with E-state index in [9.17, 15) is 27.6 Å². The van der Waals surface area contributed by atoms with Gasteiger partial charge in [-0.3, -0.25) is 9.59 Å². The number of benzene rings is 3. The molecular weight excluding hydrogens is 536 g/mol. The van der Waals surface area contributed by atoms with Crippen LogP contribution >= 0.6 is 23.2 Å². The van der Waals surface area contributed by atoms with Gasteiger partial charge < -0.3 is 14.8 Å². The van der Waals surface area contributed by atoms with Gasteiger partial charge in [-0.1, -0.05) is 35.3 Å². The number of esters is 1. The van der Waals surface area contributed by atoms with Crippen LogP contribution in [0.15, 0.2) is 77.5 Å². The quantitative estimate of drug-likeness (QED) is 0.229. The Hall–Kier alpha value is -4.02. The summed E-state index contributed by atoms with van der Waals surface area (Å²) in [6, 6.07) is 14.5. The number of para-hydroxylation sites is 2. The summed E-state index contributed by atoms with van der Waals surface area (Å²) in [5.41, 5.74) is -1.50. The Balaban J connectivity index is 1.52. The molecule has 3 aromatic carbocycles. The largest absolute Gasteiger partial charge is 0.493 e. The molecule has 1 heterocycles. The first-order valence-electron chi connectivity index (χ1n) is 10.4. The molecule has 0 aromatic heterocycles. The Kier molecular flexibility index (Phi) is 7.15. The third-order valence-corrected chi connectivity index (χ3v) is 5.87. The molecule has 0 unspecified atom stereocenters. The molecule has 1 aliphatic heterocycles. The summed E-state index contributed by atoms with van der Waals surface area (Å²) < 4.78 is 49.9. The highest BCUT2D eigenvalue weighted by Gasteiger charge is 2.41. The van der Waals surface area contributed by atoms with Gasteiger partial charge in [0.25, 0.3) is 11.8 Å². The first-order valence-corrected chi connectivity index (χ1v) is 11.1. The number of ether oxygens (including phenoxy) is 2. The molecule has 190 valence electrons. The van der Waals surface area contributed by atoms with Crippen molar-refractivity contribution < 1.29 is 37.0 Å². The number of hydrogen-bond donors (Lipinski definition) is 1. The third kappa shape index (κ3) is 5.25. The van der Waals surface area contributed by atoms with Gasteiger partial charge in [-0.2, -0.15) is 13.2 Å². The molecule has 12 heteroatoms. The van der Waals surface area contributed by atoms with E-state index in [1.54, 1.807) is 24.3 Å². The highest BCUT2D eigenvalue weighted by Crippen LogP contribution is 2.39. The molecule has 0 aliphatic carbocycles. The van der Waals surface area contributed by atoms with Crippen LogP contribution in [0.5, 0.6) is 11.5 Å². The molecule has 37 heavy (non-hydrogen) atoms. The standard InChI is InChI=1S/C25H15Cl2F3N2O5/c1-36-18-4-2-3-5-19(18)37-24(35)13-6-9-15(10-7-13)31-21-20(27)22(33)32(23(21)34)17-12-14(25(28,29)30)8-11-16(17)26/h2-12,31H,1H3. The monoisotopic (exact) mass is 550 g/mol. The Bertz CT molecular complexity index is 1440. The summed E-state index contributed by atoms with van der Waals surface area (Å²) in [5, 5.41) is 1.87. The highest BCUT2D eigenvalue weighted by atomic mass is 35.5. The van der Waals surface area contributed by atoms with Gasteiger partial charge in [0.1, 0.15) is 10.7 Å². The van der Waals surface area contributed by atoms with E-state index in [2.05, 4.69) is 5.32 Å². The van der Waals surface area contributed by atoms with Gasteiger partial charge in [0.15, 0.2) is 11.5 Å². The average Bonchev–Trinajstić information content (AvgIpc) is 3.07. The minimum absolute atomic E-state index is 0.169. The first kappa shape index (κ1) is 26.1. The van der Waals surface area contributed by atoms with Crippen LogP contribution < -0.4 is 19.7 Å². The van der Waals surface area contributed by atoms with Crippen LogP contribution in [0, 0.1) is 0 Å². The van der Waals surface area contributed by atoms with E-state index in [4.69, 9.17) is 32.7 Å². The van der Waals surface area contributed by atoms with Gasteiger partial charge in [0.05, 0.1) is 28.9 Å². The number of anilines is 2. The molecule has 0 saturated heterocycles. The Morgan fingerprint density at radius 1 is 0.919 bits per heavy atom. The summed E-state index contributed by atoms with van der Waals surface area (Å²) in [5.74, 6) is -2.14. The Morgan fingerprint density at radius 2 is 1.57 bits per heavy atom. The fraction of sp³-hybridized carbons (Fsp3) is 0.0800. The number of carbonyl (C=O) groups is 3. The van der Waals surface area contributed by atoms with E-state index in [-0.39, 0.29) is 27.7 Å². The molecule has 0 fully saturated rings. The van der Waals surface area contributed by atoms with E-state index in [0.29, 0.717) is 16.7 Å². The number of amides is 2. The lowest BCUT2D eigenvalue weighted by molar-refractivity contribution is -0.137. The molecule has 1 N–H and O–H groups in total. The lowest BCUT2D eigenvalue weighted by atomic mass is 10.1. The zero-order valence-corrected chi connectivity index (χ0v) is 20.2. The van der Waals surface area contributed by atoms with Crippen molar-refractivity contribution in [1.29, 1.82) is 0 Å². The van der Waals surface area contributed by atoms with Crippen molar-refractivity contribution in [2.45, 2.75) is 6.18 Å². The lowest BCUT2D eigenvalue weighted by Gasteiger charge is -2.18. The number of hydrogen-bond acceptors (Lipinski definition) is 6. The van der Waals surface area contributed by atoms with Gasteiger partial charge in [0.2, 0.25) is 0 Å². The predicted molar refractivity (Wildman–Crippen MR) is 130 cm³/mol. The van der Waals surface area contributed by atoms with Crippen LogP contribution in [-0.2, 0) is 15.8 Å². The van der Waals surface area contributed by atoms with Crippen LogP contribution in [0.3, 0.4) is 0 Å². The summed E-state index contributed by atoms with van der Waals surface area (Å²) in [6.45, 7) is 0. The highest BCUT2D eigenvalue weighted by molar-refractivity contribution is 6.53. The van der Waals surface area contributed by atoms with Crippen molar-refractivity contribution in [3.05, 3.63) is 93.6 Å². The minimum Gasteiger partial charge on any atom is -0.493 e. The number of imide groups is 1. The zero-order chi connectivity index (χ0) is 26.9. The molecule has 0 radical (unpaired) electrons. The van der Waals surface area contributed by atoms with E-state index in [0.717, 1.165) is 12.1 Å². The van der Waals surface area contributed by atoms with Gasteiger partial charge in [-0.15, -0.1) is 0 Å². The fourth-order valence-corrected chi connectivity index (χ4v) is 3.80. The first-order chi connectivity index (χ1) is 17.5. The fourth-order valence-electron chi connectivity index (χ4n) is 3.39. The lowest BCUT2D eigenvalue weighted by Crippen LogP contribution is -2.32. The molecular formula is C25H15Cl2F3N2O5. The Labute approximate surface area is 218 Å². The molecule has 0 saturated carbocycles. The maximum absolute atomic E-state index is 13.2. The van der Waals surface area contributed by atoms with Crippen molar-refractivity contribution >= 4 is 52.4 Å². The number of halogens is 5.